The van der Waals surface area contributed by atoms with Crippen LogP contribution in [0.4, 0.5) is 4.79 Å². The van der Waals surface area contributed by atoms with Gasteiger partial charge in [0.1, 0.15) is 0 Å². The van der Waals surface area contributed by atoms with Crippen molar-refractivity contribution in [2.24, 2.45) is 5.92 Å². The quantitative estimate of drug-likeness (QED) is 0.869. The summed E-state index contributed by atoms with van der Waals surface area (Å²) in [5.41, 5.74) is 2.21. The monoisotopic (exact) mass is 262 g/mol. The van der Waals surface area contributed by atoms with Crippen LogP contribution in [0, 0.1) is 12.8 Å². The van der Waals surface area contributed by atoms with Crippen molar-refractivity contribution >= 4 is 12.0 Å². The van der Waals surface area contributed by atoms with E-state index in [9.17, 15) is 9.59 Å². The zero-order valence-corrected chi connectivity index (χ0v) is 10.9. The van der Waals surface area contributed by atoms with Crippen LogP contribution in [-0.4, -0.2) is 35.1 Å². The van der Waals surface area contributed by atoms with Crippen molar-refractivity contribution < 1.29 is 14.7 Å². The fourth-order valence-corrected chi connectivity index (χ4v) is 2.24. The van der Waals surface area contributed by atoms with E-state index in [1.807, 2.05) is 31.2 Å². The normalized spacial score (nSPS) is 18.4. The molecular weight excluding hydrogens is 244 g/mol. The van der Waals surface area contributed by atoms with Crippen LogP contribution < -0.4 is 5.32 Å². The molecule has 2 N–H and O–H groups in total. The minimum atomic E-state index is -0.825. The number of hydrogen-bond acceptors (Lipinski definition) is 2. The highest BCUT2D eigenvalue weighted by atomic mass is 16.4. The molecule has 1 fully saturated rings. The summed E-state index contributed by atoms with van der Waals surface area (Å²) in [6.07, 6.45) is 0.535. The first-order chi connectivity index (χ1) is 9.08. The summed E-state index contributed by atoms with van der Waals surface area (Å²) >= 11 is 0. The predicted molar refractivity (Wildman–Crippen MR) is 70.7 cm³/mol. The fourth-order valence-electron chi connectivity index (χ4n) is 2.24. The smallest absolute Gasteiger partial charge is 0.317 e. The summed E-state index contributed by atoms with van der Waals surface area (Å²) in [7, 11) is 0. The van der Waals surface area contributed by atoms with Gasteiger partial charge in [0.2, 0.25) is 0 Å². The number of benzene rings is 1. The molecule has 1 aromatic rings. The number of carbonyl (C=O) groups excluding carboxylic acids is 1. The van der Waals surface area contributed by atoms with Crippen molar-refractivity contribution in [1.82, 2.24) is 10.2 Å². The lowest BCUT2D eigenvalue weighted by Crippen LogP contribution is -2.38. The minimum Gasteiger partial charge on any atom is -0.481 e. The van der Waals surface area contributed by atoms with Gasteiger partial charge < -0.3 is 15.3 Å². The third kappa shape index (κ3) is 3.24. The predicted octanol–water partition coefficient (Wildman–Crippen LogP) is 1.61. The van der Waals surface area contributed by atoms with Crippen molar-refractivity contribution in [2.75, 3.05) is 13.1 Å². The average molecular weight is 262 g/mol. The van der Waals surface area contributed by atoms with Gasteiger partial charge >= 0.3 is 12.0 Å². The van der Waals surface area contributed by atoms with Crippen LogP contribution in [0.1, 0.15) is 17.5 Å². The zero-order chi connectivity index (χ0) is 13.8. The molecule has 1 aliphatic rings. The third-order valence-electron chi connectivity index (χ3n) is 3.52. The molecule has 1 saturated heterocycles. The van der Waals surface area contributed by atoms with E-state index >= 15 is 0 Å². The maximum absolute atomic E-state index is 11.9. The molecule has 1 atom stereocenters. The van der Waals surface area contributed by atoms with Crippen LogP contribution in [0.2, 0.25) is 0 Å². The molecule has 0 bridgehead atoms. The summed E-state index contributed by atoms with van der Waals surface area (Å²) in [5, 5.41) is 11.7. The second-order valence-electron chi connectivity index (χ2n) is 4.86. The number of rotatable bonds is 3. The topological polar surface area (TPSA) is 69.6 Å². The van der Waals surface area contributed by atoms with E-state index in [0.29, 0.717) is 26.1 Å². The third-order valence-corrected chi connectivity index (χ3v) is 3.52. The molecule has 1 unspecified atom stereocenters. The van der Waals surface area contributed by atoms with Gasteiger partial charge in [-0.25, -0.2) is 4.79 Å². The molecule has 2 rings (SSSR count). The largest absolute Gasteiger partial charge is 0.481 e. The van der Waals surface area contributed by atoms with E-state index in [0.717, 1.165) is 11.1 Å². The molecule has 2 amide bonds. The lowest BCUT2D eigenvalue weighted by Gasteiger charge is -2.17. The summed E-state index contributed by atoms with van der Waals surface area (Å²) in [6.45, 7) is 3.28. The van der Waals surface area contributed by atoms with Crippen molar-refractivity contribution in [2.45, 2.75) is 19.9 Å². The molecule has 1 aliphatic heterocycles. The molecule has 19 heavy (non-hydrogen) atoms. The Balaban J connectivity index is 1.86. The van der Waals surface area contributed by atoms with Gasteiger partial charge in [0.05, 0.1) is 5.92 Å². The van der Waals surface area contributed by atoms with Gasteiger partial charge in [0.15, 0.2) is 0 Å². The number of carbonyl (C=O) groups is 2. The molecule has 5 nitrogen and oxygen atoms in total. The Morgan fingerprint density at radius 2 is 2.16 bits per heavy atom. The summed E-state index contributed by atoms with van der Waals surface area (Å²) in [5.74, 6) is -1.25. The Morgan fingerprint density at radius 3 is 2.79 bits per heavy atom. The van der Waals surface area contributed by atoms with Gasteiger partial charge in [-0.15, -0.1) is 0 Å². The van der Waals surface area contributed by atoms with Gasteiger partial charge in [-0.1, -0.05) is 24.3 Å². The Labute approximate surface area is 112 Å². The molecule has 0 spiro atoms. The van der Waals surface area contributed by atoms with E-state index in [1.165, 1.54) is 0 Å². The fraction of sp³-hybridized carbons (Fsp3) is 0.429. The number of nitrogens with one attached hydrogen (secondary N) is 1. The van der Waals surface area contributed by atoms with Crippen LogP contribution in [0.5, 0.6) is 0 Å². The molecule has 5 heteroatoms. The molecular formula is C14H18N2O3. The maximum atomic E-state index is 11.9. The molecule has 1 heterocycles. The lowest BCUT2D eigenvalue weighted by molar-refractivity contribution is -0.141. The van der Waals surface area contributed by atoms with Gasteiger partial charge in [-0.3, -0.25) is 4.79 Å². The highest BCUT2D eigenvalue weighted by Crippen LogP contribution is 2.16. The molecule has 0 radical (unpaired) electrons. The number of likely N-dealkylation sites (tertiary alicyclic amines) is 1. The lowest BCUT2D eigenvalue weighted by atomic mass is 10.1. The molecule has 1 aromatic carbocycles. The van der Waals surface area contributed by atoms with Crippen molar-refractivity contribution in [1.29, 1.82) is 0 Å². The van der Waals surface area contributed by atoms with E-state index in [2.05, 4.69) is 5.32 Å². The van der Waals surface area contributed by atoms with E-state index < -0.39 is 11.9 Å². The number of nitrogens with zero attached hydrogens (tertiary/aromatic N) is 1. The Kier molecular flexibility index (Phi) is 4.04. The molecule has 0 aliphatic carbocycles. The number of hydrogen-bond donors (Lipinski definition) is 2. The summed E-state index contributed by atoms with van der Waals surface area (Å²) < 4.78 is 0. The second kappa shape index (κ2) is 5.73. The Hall–Kier alpha value is -2.04. The number of carboxylic acid groups (broad SMARTS) is 1. The first-order valence-electron chi connectivity index (χ1n) is 6.38. The van der Waals surface area contributed by atoms with Crippen LogP contribution in [0.25, 0.3) is 0 Å². The van der Waals surface area contributed by atoms with Gasteiger partial charge in [0.25, 0.3) is 0 Å². The molecule has 0 aromatic heterocycles. The summed E-state index contributed by atoms with van der Waals surface area (Å²) in [4.78, 5) is 24.3. The van der Waals surface area contributed by atoms with Gasteiger partial charge in [-0.2, -0.15) is 0 Å². The highest BCUT2D eigenvalue weighted by molar-refractivity contribution is 5.77. The van der Waals surface area contributed by atoms with Crippen LogP contribution in [0.3, 0.4) is 0 Å². The highest BCUT2D eigenvalue weighted by Gasteiger charge is 2.30. The molecule has 102 valence electrons. The van der Waals surface area contributed by atoms with E-state index in [1.54, 1.807) is 4.90 Å². The van der Waals surface area contributed by atoms with E-state index in [4.69, 9.17) is 5.11 Å². The van der Waals surface area contributed by atoms with Crippen LogP contribution in [0.15, 0.2) is 24.3 Å². The second-order valence-corrected chi connectivity index (χ2v) is 4.86. The van der Waals surface area contributed by atoms with Crippen molar-refractivity contribution in [3.8, 4) is 0 Å². The van der Waals surface area contributed by atoms with Crippen molar-refractivity contribution in [3.05, 3.63) is 35.4 Å². The number of aryl methyl sites for hydroxylation is 1. The average Bonchev–Trinajstić information content (AvgIpc) is 2.87. The van der Waals surface area contributed by atoms with Gasteiger partial charge in [0, 0.05) is 19.6 Å². The Bertz CT molecular complexity index is 487. The first-order valence-corrected chi connectivity index (χ1v) is 6.38. The van der Waals surface area contributed by atoms with Gasteiger partial charge in [-0.05, 0) is 24.5 Å². The maximum Gasteiger partial charge on any atom is 0.317 e. The minimum absolute atomic E-state index is 0.188. The number of urea groups is 1. The number of amides is 2. The SMILES string of the molecule is Cc1ccccc1CNC(=O)N1CCC(C(=O)O)C1. The molecule has 0 saturated carbocycles. The van der Waals surface area contributed by atoms with Crippen LogP contribution >= 0.6 is 0 Å². The Morgan fingerprint density at radius 1 is 1.42 bits per heavy atom. The zero-order valence-electron chi connectivity index (χ0n) is 10.9. The number of carboxylic acids is 1. The standard InChI is InChI=1S/C14H18N2O3/c1-10-4-2-3-5-11(10)8-15-14(19)16-7-6-12(9-16)13(17)18/h2-5,12H,6-9H2,1H3,(H,15,19)(H,17,18). The van der Waals surface area contributed by atoms with E-state index in [-0.39, 0.29) is 6.03 Å². The van der Waals surface area contributed by atoms with Crippen molar-refractivity contribution in [3.63, 3.8) is 0 Å². The number of aliphatic carboxylic acids is 1. The summed E-state index contributed by atoms with van der Waals surface area (Å²) in [6, 6.07) is 7.67. The van der Waals surface area contributed by atoms with Crippen LogP contribution in [-0.2, 0) is 11.3 Å². The first kappa shape index (κ1) is 13.4.